The van der Waals surface area contributed by atoms with E-state index in [0.717, 1.165) is 18.8 Å². The summed E-state index contributed by atoms with van der Waals surface area (Å²) in [4.78, 5) is 0. The minimum atomic E-state index is -0.168. The number of hydrogen-bond donors (Lipinski definition) is 1. The second kappa shape index (κ2) is 6.63. The molecule has 1 N–H and O–H groups in total. The number of aryl methyl sites for hydroxylation is 2. The molecule has 0 aliphatic carbocycles. The third-order valence-corrected chi connectivity index (χ3v) is 4.96. The predicted molar refractivity (Wildman–Crippen MR) is 80.3 cm³/mol. The lowest BCUT2D eigenvalue weighted by Crippen LogP contribution is -2.20. The molecule has 1 unspecified atom stereocenters. The van der Waals surface area contributed by atoms with E-state index in [9.17, 15) is 5.11 Å². The topological polar surface area (TPSA) is 20.2 Å². The van der Waals surface area contributed by atoms with E-state index >= 15 is 0 Å². The molecule has 0 radical (unpaired) electrons. The highest BCUT2D eigenvalue weighted by Gasteiger charge is 2.18. The van der Waals surface area contributed by atoms with Gasteiger partial charge in [0.05, 0.1) is 6.10 Å². The first-order valence-electron chi connectivity index (χ1n) is 6.97. The van der Waals surface area contributed by atoms with Gasteiger partial charge in [-0.2, -0.15) is 11.8 Å². The average Bonchev–Trinajstić information content (AvgIpc) is 2.35. The highest BCUT2D eigenvalue weighted by atomic mass is 32.2. The van der Waals surface area contributed by atoms with Crippen LogP contribution in [0.15, 0.2) is 18.2 Å². The van der Waals surface area contributed by atoms with Gasteiger partial charge in [0.2, 0.25) is 0 Å². The summed E-state index contributed by atoms with van der Waals surface area (Å²) in [6.45, 7) is 4.26. The summed E-state index contributed by atoms with van der Waals surface area (Å²) < 4.78 is 0. The molecule has 0 aromatic heterocycles. The van der Waals surface area contributed by atoms with E-state index in [-0.39, 0.29) is 6.10 Å². The summed E-state index contributed by atoms with van der Waals surface area (Å²) in [6, 6.07) is 6.52. The molecule has 1 aromatic carbocycles. The van der Waals surface area contributed by atoms with Crippen LogP contribution in [0.4, 0.5) is 0 Å². The highest BCUT2D eigenvalue weighted by Crippen LogP contribution is 2.27. The molecule has 0 saturated carbocycles. The van der Waals surface area contributed by atoms with Gasteiger partial charge in [0.1, 0.15) is 0 Å². The molecule has 2 heteroatoms. The van der Waals surface area contributed by atoms with Crippen molar-refractivity contribution in [2.24, 2.45) is 5.92 Å². The molecule has 1 aliphatic heterocycles. The van der Waals surface area contributed by atoms with Crippen LogP contribution in [0.25, 0.3) is 0 Å². The van der Waals surface area contributed by atoms with Crippen molar-refractivity contribution in [2.75, 3.05) is 11.5 Å². The first-order valence-corrected chi connectivity index (χ1v) is 8.12. The van der Waals surface area contributed by atoms with E-state index in [1.165, 1.54) is 41.0 Å². The zero-order chi connectivity index (χ0) is 13.0. The summed E-state index contributed by atoms with van der Waals surface area (Å²) in [7, 11) is 0. The minimum Gasteiger partial charge on any atom is -0.393 e. The van der Waals surface area contributed by atoms with Crippen molar-refractivity contribution < 1.29 is 5.11 Å². The zero-order valence-electron chi connectivity index (χ0n) is 11.5. The van der Waals surface area contributed by atoms with Crippen molar-refractivity contribution in [3.63, 3.8) is 0 Å². The smallest absolute Gasteiger partial charge is 0.0583 e. The van der Waals surface area contributed by atoms with Gasteiger partial charge >= 0.3 is 0 Å². The van der Waals surface area contributed by atoms with Crippen LogP contribution in [0.3, 0.4) is 0 Å². The lowest BCUT2D eigenvalue weighted by molar-refractivity contribution is 0.139. The van der Waals surface area contributed by atoms with Gasteiger partial charge in [-0.25, -0.2) is 0 Å². The Labute approximate surface area is 115 Å². The minimum absolute atomic E-state index is 0.168. The first-order chi connectivity index (χ1) is 8.65. The Hall–Kier alpha value is -0.470. The van der Waals surface area contributed by atoms with Crippen LogP contribution in [0.2, 0.25) is 0 Å². The van der Waals surface area contributed by atoms with Crippen molar-refractivity contribution >= 4 is 11.8 Å². The van der Waals surface area contributed by atoms with Crippen molar-refractivity contribution in [1.82, 2.24) is 0 Å². The number of hydrogen-bond acceptors (Lipinski definition) is 2. The van der Waals surface area contributed by atoms with Crippen LogP contribution in [-0.4, -0.2) is 22.7 Å². The number of rotatable bonds is 4. The van der Waals surface area contributed by atoms with Crippen LogP contribution < -0.4 is 0 Å². The summed E-state index contributed by atoms with van der Waals surface area (Å²) >= 11 is 2.05. The number of thioether (sulfide) groups is 1. The monoisotopic (exact) mass is 264 g/mol. The summed E-state index contributed by atoms with van der Waals surface area (Å²) in [5, 5.41) is 10.3. The van der Waals surface area contributed by atoms with E-state index in [1.54, 1.807) is 0 Å². The average molecular weight is 264 g/mol. The molecule has 1 atom stereocenters. The maximum absolute atomic E-state index is 10.3. The lowest BCUT2D eigenvalue weighted by atomic mass is 9.91. The second-order valence-corrected chi connectivity index (χ2v) is 6.80. The Kier molecular flexibility index (Phi) is 5.13. The molecule has 0 spiro atoms. The van der Waals surface area contributed by atoms with Crippen molar-refractivity contribution in [2.45, 2.75) is 45.6 Å². The SMILES string of the molecule is Cc1ccc(C)c(CC(O)CC2CCSCC2)c1. The molecule has 1 saturated heterocycles. The maximum Gasteiger partial charge on any atom is 0.0583 e. The molecular weight excluding hydrogens is 240 g/mol. The normalized spacial score (nSPS) is 18.8. The fourth-order valence-corrected chi connectivity index (χ4v) is 3.93. The fraction of sp³-hybridized carbons (Fsp3) is 0.625. The largest absolute Gasteiger partial charge is 0.393 e. The quantitative estimate of drug-likeness (QED) is 0.894. The van der Waals surface area contributed by atoms with Crippen LogP contribution in [-0.2, 0) is 6.42 Å². The Morgan fingerprint density at radius 1 is 1.28 bits per heavy atom. The summed E-state index contributed by atoms with van der Waals surface area (Å²) in [5.74, 6) is 3.30. The molecule has 100 valence electrons. The predicted octanol–water partition coefficient (Wildman–Crippen LogP) is 3.74. The van der Waals surface area contributed by atoms with Gasteiger partial charge in [0, 0.05) is 0 Å². The van der Waals surface area contributed by atoms with E-state index in [1.807, 2.05) is 0 Å². The standard InChI is InChI=1S/C16H24OS/c1-12-3-4-13(2)15(9-12)11-16(17)10-14-5-7-18-8-6-14/h3-4,9,14,16-17H,5-8,10-11H2,1-2H3. The number of aliphatic hydroxyl groups is 1. The lowest BCUT2D eigenvalue weighted by Gasteiger charge is -2.24. The molecule has 1 aliphatic rings. The zero-order valence-corrected chi connectivity index (χ0v) is 12.3. The Morgan fingerprint density at radius 2 is 2.00 bits per heavy atom. The van der Waals surface area contributed by atoms with Crippen LogP contribution in [0.1, 0.15) is 36.0 Å². The molecule has 1 aromatic rings. The first kappa shape index (κ1) is 14.0. The molecule has 0 amide bonds. The van der Waals surface area contributed by atoms with E-state index in [4.69, 9.17) is 0 Å². The summed E-state index contributed by atoms with van der Waals surface area (Å²) in [6.07, 6.45) is 4.20. The van der Waals surface area contributed by atoms with Crippen molar-refractivity contribution in [3.05, 3.63) is 34.9 Å². The van der Waals surface area contributed by atoms with Crippen LogP contribution >= 0.6 is 11.8 Å². The third kappa shape index (κ3) is 4.03. The number of benzene rings is 1. The van der Waals surface area contributed by atoms with Crippen LogP contribution in [0, 0.1) is 19.8 Å². The molecular formula is C16H24OS. The molecule has 18 heavy (non-hydrogen) atoms. The van der Waals surface area contributed by atoms with Crippen molar-refractivity contribution in [1.29, 1.82) is 0 Å². The third-order valence-electron chi connectivity index (χ3n) is 3.91. The van der Waals surface area contributed by atoms with Gasteiger partial charge in [-0.05, 0) is 68.1 Å². The van der Waals surface area contributed by atoms with Gasteiger partial charge in [-0.3, -0.25) is 0 Å². The molecule has 2 rings (SSSR count). The van der Waals surface area contributed by atoms with Gasteiger partial charge in [0.25, 0.3) is 0 Å². The second-order valence-electron chi connectivity index (χ2n) is 5.58. The molecule has 1 nitrogen and oxygen atoms in total. The molecule has 1 heterocycles. The highest BCUT2D eigenvalue weighted by molar-refractivity contribution is 7.99. The Morgan fingerprint density at radius 3 is 2.72 bits per heavy atom. The molecule has 0 bridgehead atoms. The van der Waals surface area contributed by atoms with Gasteiger partial charge < -0.3 is 5.11 Å². The van der Waals surface area contributed by atoms with Crippen LogP contribution in [0.5, 0.6) is 0 Å². The van der Waals surface area contributed by atoms with Gasteiger partial charge in [-0.1, -0.05) is 23.8 Å². The Bertz CT molecular complexity index is 383. The van der Waals surface area contributed by atoms with Gasteiger partial charge in [0.15, 0.2) is 0 Å². The molecule has 1 fully saturated rings. The summed E-state index contributed by atoms with van der Waals surface area (Å²) in [5.41, 5.74) is 3.91. The number of aliphatic hydroxyl groups excluding tert-OH is 1. The van der Waals surface area contributed by atoms with Crippen molar-refractivity contribution in [3.8, 4) is 0 Å². The van der Waals surface area contributed by atoms with E-state index < -0.39 is 0 Å². The Balaban J connectivity index is 1.89. The maximum atomic E-state index is 10.3. The van der Waals surface area contributed by atoms with E-state index in [0.29, 0.717) is 0 Å². The van der Waals surface area contributed by atoms with E-state index in [2.05, 4.69) is 43.8 Å². The fourth-order valence-electron chi connectivity index (χ4n) is 2.72. The van der Waals surface area contributed by atoms with Gasteiger partial charge in [-0.15, -0.1) is 0 Å².